The fourth-order valence-electron chi connectivity index (χ4n) is 6.14. The summed E-state index contributed by atoms with van der Waals surface area (Å²) in [6, 6.07) is 0. The molecule has 0 aromatic rings. The second-order valence-electron chi connectivity index (χ2n) is 14.4. The van der Waals surface area contributed by atoms with E-state index in [2.05, 4.69) is 19.1 Å². The molecule has 0 aliphatic heterocycles. The zero-order valence-corrected chi connectivity index (χ0v) is 30.5. The summed E-state index contributed by atoms with van der Waals surface area (Å²) in [5.41, 5.74) is 0. The van der Waals surface area contributed by atoms with Crippen LogP contribution in [0.25, 0.3) is 0 Å². The normalized spacial score (nSPS) is 15.0. The fourth-order valence-corrected chi connectivity index (χ4v) is 6.14. The van der Waals surface area contributed by atoms with Crippen molar-refractivity contribution in [3.8, 4) is 0 Å². The van der Waals surface area contributed by atoms with Crippen LogP contribution in [0.1, 0.15) is 175 Å². The van der Waals surface area contributed by atoms with E-state index in [1.807, 2.05) is 0 Å². The number of carboxylic acid groups (broad SMARTS) is 3. The Kier molecular flexibility index (Phi) is 28.1. The molecule has 0 amide bonds. The van der Waals surface area contributed by atoms with E-state index in [1.54, 1.807) is 20.8 Å². The number of hydrogen-bond acceptors (Lipinski definition) is 3. The summed E-state index contributed by atoms with van der Waals surface area (Å²) in [5.74, 6) is -4.01. The maximum absolute atomic E-state index is 11.5. The van der Waals surface area contributed by atoms with Crippen LogP contribution >= 0.6 is 0 Å². The van der Waals surface area contributed by atoms with Crippen LogP contribution in [-0.4, -0.2) is 63.9 Å². The third kappa shape index (κ3) is 25.2. The highest BCUT2D eigenvalue weighted by Gasteiger charge is 2.31. The zero-order chi connectivity index (χ0) is 34.5. The van der Waals surface area contributed by atoms with Crippen molar-refractivity contribution in [2.24, 2.45) is 17.8 Å². The molecule has 46 heavy (non-hydrogen) atoms. The molecule has 270 valence electrons. The first-order valence-electron chi connectivity index (χ1n) is 19.2. The molecule has 0 fully saturated rings. The van der Waals surface area contributed by atoms with Gasteiger partial charge in [0, 0.05) is 19.3 Å². The van der Waals surface area contributed by atoms with Crippen LogP contribution in [0, 0.1) is 17.8 Å². The fraction of sp³-hybridized carbons (Fsp3) is 0.872. The number of carbonyl (C=O) groups is 3. The van der Waals surface area contributed by atoms with E-state index in [1.165, 1.54) is 116 Å². The van der Waals surface area contributed by atoms with E-state index < -0.39 is 35.7 Å². The summed E-state index contributed by atoms with van der Waals surface area (Å²) in [4.78, 5) is 34.5. The van der Waals surface area contributed by atoms with Crippen molar-refractivity contribution in [2.75, 3.05) is 26.2 Å². The van der Waals surface area contributed by atoms with Gasteiger partial charge in [-0.2, -0.15) is 0 Å². The molecule has 3 N–H and O–H groups in total. The second-order valence-corrected chi connectivity index (χ2v) is 14.4. The van der Waals surface area contributed by atoms with Gasteiger partial charge >= 0.3 is 17.9 Å². The summed E-state index contributed by atoms with van der Waals surface area (Å²) in [5, 5.41) is 28.3. The molecule has 0 aromatic heterocycles. The molecule has 0 aromatic carbocycles. The van der Waals surface area contributed by atoms with E-state index in [0.717, 1.165) is 12.8 Å². The largest absolute Gasteiger partial charge is 0.481 e. The summed E-state index contributed by atoms with van der Waals surface area (Å²) in [6.07, 6.45) is 32.8. The van der Waals surface area contributed by atoms with Gasteiger partial charge in [0.25, 0.3) is 0 Å². The smallest absolute Gasteiger partial charge is 0.306 e. The topological polar surface area (TPSA) is 112 Å². The third-order valence-electron chi connectivity index (χ3n) is 10.0. The second kappa shape index (κ2) is 29.3. The van der Waals surface area contributed by atoms with Crippen molar-refractivity contribution in [3.05, 3.63) is 12.2 Å². The molecule has 7 nitrogen and oxygen atoms in total. The van der Waals surface area contributed by atoms with Crippen LogP contribution in [0.3, 0.4) is 0 Å². The molecule has 7 heteroatoms. The number of rotatable bonds is 34. The van der Waals surface area contributed by atoms with Crippen LogP contribution in [-0.2, 0) is 14.4 Å². The first kappa shape index (κ1) is 44.1. The number of nitrogens with zero attached hydrogens (tertiary/aromatic N) is 1. The van der Waals surface area contributed by atoms with Gasteiger partial charge in [0.05, 0.1) is 43.9 Å². The SMILES string of the molecule is CCCCCCCCCCCCCCCCCCCCC/C=C/C[N+](CCC(C)C(=O)O)(CCC(C)C(=O)O)CCC(C)C(=O)O. The third-order valence-corrected chi connectivity index (χ3v) is 10.0. The Morgan fingerprint density at radius 1 is 0.478 bits per heavy atom. The molecular formula is C39H74NO6+. The summed E-state index contributed by atoms with van der Waals surface area (Å²) in [6.45, 7) is 9.83. The Labute approximate surface area is 283 Å². The van der Waals surface area contributed by atoms with Gasteiger partial charge in [-0.25, -0.2) is 0 Å². The zero-order valence-electron chi connectivity index (χ0n) is 30.5. The van der Waals surface area contributed by atoms with Gasteiger partial charge in [-0.1, -0.05) is 149 Å². The van der Waals surface area contributed by atoms with Crippen molar-refractivity contribution in [1.29, 1.82) is 0 Å². The molecule has 0 aliphatic carbocycles. The molecule has 0 rings (SSSR count). The molecule has 0 heterocycles. The van der Waals surface area contributed by atoms with E-state index in [9.17, 15) is 29.7 Å². The standard InChI is InChI=1S/C39H73NO6/c1-5-6-7-8-9-10-11-12-13-14-15-16-17-18-19-20-21-22-23-24-25-26-30-40(31-27-34(2)37(41)42,32-28-35(3)38(43)44)33-29-36(4)39(45)46/h25-26,34-36H,5-24,27-33H2,1-4H3,(H2-,41,42,43,44,45,46)/p+1/b26-25+. The number of allylic oxidation sites excluding steroid dienone is 1. The van der Waals surface area contributed by atoms with Gasteiger partial charge in [0.1, 0.15) is 0 Å². The van der Waals surface area contributed by atoms with Crippen LogP contribution in [0.15, 0.2) is 12.2 Å². The lowest BCUT2D eigenvalue weighted by Crippen LogP contribution is -2.52. The van der Waals surface area contributed by atoms with Crippen molar-refractivity contribution >= 4 is 17.9 Å². The van der Waals surface area contributed by atoms with Gasteiger partial charge < -0.3 is 19.8 Å². The maximum Gasteiger partial charge on any atom is 0.306 e. The molecule has 0 spiro atoms. The lowest BCUT2D eigenvalue weighted by atomic mass is 10.0. The number of unbranched alkanes of at least 4 members (excludes halogenated alkanes) is 19. The Morgan fingerprint density at radius 3 is 1.04 bits per heavy atom. The van der Waals surface area contributed by atoms with Gasteiger partial charge in [0.2, 0.25) is 0 Å². The lowest BCUT2D eigenvalue weighted by Gasteiger charge is -2.39. The molecule has 3 unspecified atom stereocenters. The van der Waals surface area contributed by atoms with Crippen molar-refractivity contribution < 1.29 is 34.2 Å². The summed E-state index contributed by atoms with van der Waals surface area (Å²) in [7, 11) is 0. The first-order chi connectivity index (χ1) is 22.0. The van der Waals surface area contributed by atoms with Gasteiger partial charge in [0.15, 0.2) is 0 Å². The van der Waals surface area contributed by atoms with Crippen molar-refractivity contribution in [2.45, 2.75) is 175 Å². The number of aliphatic carboxylic acids is 3. The highest BCUT2D eigenvalue weighted by Crippen LogP contribution is 2.21. The summed E-state index contributed by atoms with van der Waals surface area (Å²) < 4.78 is 0.530. The van der Waals surface area contributed by atoms with Crippen molar-refractivity contribution in [3.63, 3.8) is 0 Å². The molecule has 0 saturated heterocycles. The predicted molar refractivity (Wildman–Crippen MR) is 191 cm³/mol. The van der Waals surface area contributed by atoms with E-state index in [4.69, 9.17) is 0 Å². The van der Waals surface area contributed by atoms with E-state index in [0.29, 0.717) is 49.9 Å². The average Bonchev–Trinajstić information content (AvgIpc) is 3.03. The lowest BCUT2D eigenvalue weighted by molar-refractivity contribution is -0.924. The number of quaternary nitrogens is 1. The summed E-state index contributed by atoms with van der Waals surface area (Å²) >= 11 is 0. The molecule has 0 radical (unpaired) electrons. The van der Waals surface area contributed by atoms with Gasteiger partial charge in [-0.3, -0.25) is 14.4 Å². The molecule has 0 aliphatic rings. The van der Waals surface area contributed by atoms with Gasteiger partial charge in [-0.15, -0.1) is 0 Å². The predicted octanol–water partition coefficient (Wildman–Crippen LogP) is 10.5. The Balaban J connectivity index is 4.35. The van der Waals surface area contributed by atoms with E-state index in [-0.39, 0.29) is 0 Å². The van der Waals surface area contributed by atoms with E-state index >= 15 is 0 Å². The average molecular weight is 653 g/mol. The quantitative estimate of drug-likeness (QED) is 0.0362. The Morgan fingerprint density at radius 2 is 0.761 bits per heavy atom. The highest BCUT2D eigenvalue weighted by molar-refractivity contribution is 5.70. The monoisotopic (exact) mass is 653 g/mol. The van der Waals surface area contributed by atoms with Crippen LogP contribution in [0.4, 0.5) is 0 Å². The minimum atomic E-state index is -0.837. The minimum absolute atomic E-state index is 0.478. The van der Waals surface area contributed by atoms with Crippen molar-refractivity contribution in [1.82, 2.24) is 0 Å². The van der Waals surface area contributed by atoms with Crippen LogP contribution in [0.5, 0.6) is 0 Å². The minimum Gasteiger partial charge on any atom is -0.481 e. The molecule has 0 bridgehead atoms. The molecular weight excluding hydrogens is 578 g/mol. The highest BCUT2D eigenvalue weighted by atomic mass is 16.4. The molecule has 3 atom stereocenters. The molecule has 0 saturated carbocycles. The maximum atomic E-state index is 11.5. The number of carboxylic acids is 3. The number of hydrogen-bond donors (Lipinski definition) is 3. The van der Waals surface area contributed by atoms with Crippen LogP contribution in [0.2, 0.25) is 0 Å². The van der Waals surface area contributed by atoms with Gasteiger partial charge in [-0.05, 0) is 18.9 Å². The van der Waals surface area contributed by atoms with Crippen LogP contribution < -0.4 is 0 Å². The Bertz CT molecular complexity index is 738. The first-order valence-corrected chi connectivity index (χ1v) is 19.2. The Hall–Kier alpha value is -1.89.